The van der Waals surface area contributed by atoms with Gasteiger partial charge in [-0.05, 0) is 77.9 Å². The highest BCUT2D eigenvalue weighted by molar-refractivity contribution is 14.1. The van der Waals surface area contributed by atoms with Gasteiger partial charge in [0.15, 0.2) is 5.78 Å². The van der Waals surface area contributed by atoms with E-state index in [1.54, 1.807) is 24.3 Å². The van der Waals surface area contributed by atoms with Crippen molar-refractivity contribution in [3.05, 3.63) is 62.2 Å². The normalized spacial score (nSPS) is 14.1. The van der Waals surface area contributed by atoms with Gasteiger partial charge < -0.3 is 4.74 Å². The van der Waals surface area contributed by atoms with Crippen LogP contribution < -0.4 is 4.74 Å². The van der Waals surface area contributed by atoms with Gasteiger partial charge in [0.05, 0.1) is 6.10 Å². The van der Waals surface area contributed by atoms with Crippen molar-refractivity contribution in [2.75, 3.05) is 0 Å². The second kappa shape index (κ2) is 5.74. The second-order valence-electron chi connectivity index (χ2n) is 4.79. The number of hydrogen-bond acceptors (Lipinski definition) is 2. The number of benzene rings is 2. The van der Waals surface area contributed by atoms with Crippen molar-refractivity contribution >= 4 is 40.0 Å². The van der Waals surface area contributed by atoms with Crippen LogP contribution in [0.5, 0.6) is 5.75 Å². The van der Waals surface area contributed by atoms with E-state index in [1.807, 2.05) is 18.2 Å². The van der Waals surface area contributed by atoms with Gasteiger partial charge in [-0.25, -0.2) is 0 Å². The summed E-state index contributed by atoms with van der Waals surface area (Å²) < 4.78 is 6.57. The summed E-state index contributed by atoms with van der Waals surface area (Å²) in [5.74, 6) is 0.805. The Balaban J connectivity index is 1.83. The highest BCUT2D eigenvalue weighted by atomic mass is 127. The Morgan fingerprint density at radius 1 is 1.15 bits per heavy atom. The number of carbonyl (C=O) groups excluding carboxylic acids is 1. The van der Waals surface area contributed by atoms with Crippen LogP contribution in [0, 0.1) is 3.57 Å². The third-order valence-corrected chi connectivity index (χ3v) is 4.29. The average Bonchev–Trinajstić information content (AvgIpc) is 3.26. The van der Waals surface area contributed by atoms with Gasteiger partial charge in [-0.1, -0.05) is 11.6 Å². The Morgan fingerprint density at radius 2 is 1.85 bits per heavy atom. The maximum Gasteiger partial charge on any atom is 0.194 e. The highest BCUT2D eigenvalue weighted by Gasteiger charge is 2.23. The Kier molecular flexibility index (Phi) is 3.98. The summed E-state index contributed by atoms with van der Waals surface area (Å²) in [7, 11) is 0. The van der Waals surface area contributed by atoms with Crippen LogP contribution in [-0.4, -0.2) is 11.9 Å². The largest absolute Gasteiger partial charge is 0.490 e. The van der Waals surface area contributed by atoms with Crippen molar-refractivity contribution in [3.63, 3.8) is 0 Å². The van der Waals surface area contributed by atoms with Gasteiger partial charge in [-0.3, -0.25) is 4.79 Å². The summed E-state index contributed by atoms with van der Waals surface area (Å²) in [6.07, 6.45) is 2.62. The topological polar surface area (TPSA) is 26.3 Å². The van der Waals surface area contributed by atoms with Crippen LogP contribution in [0.2, 0.25) is 5.02 Å². The Labute approximate surface area is 136 Å². The second-order valence-corrected chi connectivity index (χ2v) is 6.39. The summed E-state index contributed by atoms with van der Waals surface area (Å²) in [4.78, 5) is 12.5. The minimum Gasteiger partial charge on any atom is -0.490 e. The number of carbonyl (C=O) groups is 1. The van der Waals surface area contributed by atoms with Crippen molar-refractivity contribution in [2.24, 2.45) is 0 Å². The van der Waals surface area contributed by atoms with Gasteiger partial charge in [0.1, 0.15) is 5.75 Å². The summed E-state index contributed by atoms with van der Waals surface area (Å²) in [5.41, 5.74) is 1.28. The van der Waals surface area contributed by atoms with E-state index in [4.69, 9.17) is 16.3 Å². The molecule has 0 radical (unpaired) electrons. The molecule has 0 spiro atoms. The van der Waals surface area contributed by atoms with Gasteiger partial charge in [-0.2, -0.15) is 0 Å². The van der Waals surface area contributed by atoms with E-state index in [9.17, 15) is 4.79 Å². The fraction of sp³-hybridized carbons (Fsp3) is 0.188. The molecule has 1 aliphatic rings. The van der Waals surface area contributed by atoms with Gasteiger partial charge in [-0.15, -0.1) is 0 Å². The first kappa shape index (κ1) is 13.9. The number of ether oxygens (including phenoxy) is 1. The van der Waals surface area contributed by atoms with Crippen LogP contribution >= 0.6 is 34.2 Å². The molecule has 0 atom stereocenters. The molecule has 2 aromatic rings. The minimum absolute atomic E-state index is 0.0186. The lowest BCUT2D eigenvalue weighted by Crippen LogP contribution is -2.04. The van der Waals surface area contributed by atoms with Crippen molar-refractivity contribution in [1.29, 1.82) is 0 Å². The molecular weight excluding hydrogens is 387 g/mol. The van der Waals surface area contributed by atoms with Gasteiger partial charge in [0.2, 0.25) is 0 Å². The monoisotopic (exact) mass is 398 g/mol. The Morgan fingerprint density at radius 3 is 2.50 bits per heavy atom. The molecule has 0 bridgehead atoms. The third kappa shape index (κ3) is 3.15. The lowest BCUT2D eigenvalue weighted by molar-refractivity contribution is 0.103. The summed E-state index contributed by atoms with van der Waals surface area (Å²) in [6.45, 7) is 0. The lowest BCUT2D eigenvalue weighted by atomic mass is 10.0. The molecule has 1 aliphatic carbocycles. The fourth-order valence-corrected chi connectivity index (χ4v) is 2.64. The predicted molar refractivity (Wildman–Crippen MR) is 87.7 cm³/mol. The zero-order chi connectivity index (χ0) is 14.1. The molecule has 2 aromatic carbocycles. The molecule has 0 N–H and O–H groups in total. The number of ketones is 1. The van der Waals surface area contributed by atoms with E-state index in [2.05, 4.69) is 22.6 Å². The molecule has 0 aliphatic heterocycles. The van der Waals surface area contributed by atoms with E-state index >= 15 is 0 Å². The maximum absolute atomic E-state index is 12.5. The molecule has 0 saturated heterocycles. The average molecular weight is 399 g/mol. The third-order valence-electron chi connectivity index (χ3n) is 3.12. The Hall–Kier alpha value is -1.07. The van der Waals surface area contributed by atoms with Crippen molar-refractivity contribution in [1.82, 2.24) is 0 Å². The summed E-state index contributed by atoms with van der Waals surface area (Å²) >= 11 is 8.11. The van der Waals surface area contributed by atoms with Crippen molar-refractivity contribution in [2.45, 2.75) is 18.9 Å². The van der Waals surface area contributed by atoms with Crippen LogP contribution in [-0.2, 0) is 0 Å². The molecule has 0 unspecified atom stereocenters. The Bertz CT molecular complexity index is 648. The number of halogens is 2. The van der Waals surface area contributed by atoms with Gasteiger partial charge in [0, 0.05) is 19.7 Å². The van der Waals surface area contributed by atoms with Crippen LogP contribution in [0.15, 0.2) is 42.5 Å². The maximum atomic E-state index is 12.5. The SMILES string of the molecule is O=C(c1ccc(OC2CC2)cc1)c1cc(Cl)ccc1I. The smallest absolute Gasteiger partial charge is 0.194 e. The predicted octanol–water partition coefficient (Wildman–Crippen LogP) is 4.72. The lowest BCUT2D eigenvalue weighted by Gasteiger charge is -2.07. The van der Waals surface area contributed by atoms with E-state index in [0.717, 1.165) is 22.2 Å². The quantitative estimate of drug-likeness (QED) is 0.550. The molecule has 20 heavy (non-hydrogen) atoms. The first-order valence-electron chi connectivity index (χ1n) is 6.40. The first-order chi connectivity index (χ1) is 9.63. The molecular formula is C16H12ClIO2. The summed E-state index contributed by atoms with van der Waals surface area (Å²) in [5, 5.41) is 0.572. The van der Waals surface area contributed by atoms with E-state index in [-0.39, 0.29) is 5.78 Å². The number of hydrogen-bond donors (Lipinski definition) is 0. The number of rotatable bonds is 4. The van der Waals surface area contributed by atoms with Crippen molar-refractivity contribution < 1.29 is 9.53 Å². The highest BCUT2D eigenvalue weighted by Crippen LogP contribution is 2.27. The fourth-order valence-electron chi connectivity index (χ4n) is 1.89. The van der Waals surface area contributed by atoms with Crippen molar-refractivity contribution in [3.8, 4) is 5.75 Å². The zero-order valence-corrected chi connectivity index (χ0v) is 13.5. The molecule has 0 heterocycles. The van der Waals surface area contributed by atoms with Crippen LogP contribution in [0.25, 0.3) is 0 Å². The molecule has 4 heteroatoms. The molecule has 102 valence electrons. The first-order valence-corrected chi connectivity index (χ1v) is 7.85. The molecule has 3 rings (SSSR count). The van der Waals surface area contributed by atoms with E-state index < -0.39 is 0 Å². The minimum atomic E-state index is -0.0186. The molecule has 0 aromatic heterocycles. The molecule has 1 fully saturated rings. The molecule has 2 nitrogen and oxygen atoms in total. The summed E-state index contributed by atoms with van der Waals surface area (Å²) in [6, 6.07) is 12.6. The van der Waals surface area contributed by atoms with Crippen LogP contribution in [0.3, 0.4) is 0 Å². The standard InChI is InChI=1S/C16H12ClIO2/c17-11-3-8-15(18)14(9-11)16(19)10-1-4-12(5-2-10)20-13-6-7-13/h1-5,8-9,13H,6-7H2. The van der Waals surface area contributed by atoms with Crippen LogP contribution in [0.4, 0.5) is 0 Å². The van der Waals surface area contributed by atoms with E-state index in [0.29, 0.717) is 22.3 Å². The van der Waals surface area contributed by atoms with Crippen LogP contribution in [0.1, 0.15) is 28.8 Å². The molecule has 1 saturated carbocycles. The van der Waals surface area contributed by atoms with Gasteiger partial charge in [0.25, 0.3) is 0 Å². The van der Waals surface area contributed by atoms with Gasteiger partial charge >= 0.3 is 0 Å². The van der Waals surface area contributed by atoms with E-state index in [1.165, 1.54) is 0 Å². The molecule has 0 amide bonds. The zero-order valence-electron chi connectivity index (χ0n) is 10.6.